The Kier molecular flexibility index (Phi) is 6.57. The normalized spacial score (nSPS) is 18.3. The summed E-state index contributed by atoms with van der Waals surface area (Å²) in [7, 11) is 3.09. The van der Waals surface area contributed by atoms with Gasteiger partial charge in [-0.15, -0.1) is 0 Å². The average Bonchev–Trinajstić information content (AvgIpc) is 3.02. The predicted molar refractivity (Wildman–Crippen MR) is 114 cm³/mol. The lowest BCUT2D eigenvalue weighted by Crippen LogP contribution is -2.32. The molecular formula is C24H27NO5. The zero-order valence-electron chi connectivity index (χ0n) is 17.7. The van der Waals surface area contributed by atoms with Crippen molar-refractivity contribution in [3.8, 4) is 5.75 Å². The Labute approximate surface area is 176 Å². The molecule has 1 N–H and O–H groups in total. The first-order valence-electron chi connectivity index (χ1n) is 9.90. The SMILES string of the molecule is COCCN1C(=O)C(=O)/C(=C(/O)c2ccc(OC)cc2)C1c1ccc(C(C)C)cc1. The van der Waals surface area contributed by atoms with Crippen molar-refractivity contribution in [2.45, 2.75) is 25.8 Å². The van der Waals surface area contributed by atoms with Crippen molar-refractivity contribution in [2.24, 2.45) is 0 Å². The minimum atomic E-state index is -0.697. The van der Waals surface area contributed by atoms with Crippen LogP contribution in [0.3, 0.4) is 0 Å². The van der Waals surface area contributed by atoms with E-state index >= 15 is 0 Å². The number of hydrogen-bond donors (Lipinski definition) is 1. The number of hydrogen-bond acceptors (Lipinski definition) is 5. The topological polar surface area (TPSA) is 76.1 Å². The van der Waals surface area contributed by atoms with Crippen molar-refractivity contribution in [1.82, 2.24) is 4.90 Å². The molecular weight excluding hydrogens is 382 g/mol. The van der Waals surface area contributed by atoms with Crippen LogP contribution in [0.5, 0.6) is 5.75 Å². The monoisotopic (exact) mass is 409 g/mol. The number of likely N-dealkylation sites (tertiary alicyclic amines) is 1. The smallest absolute Gasteiger partial charge is 0.295 e. The van der Waals surface area contributed by atoms with Crippen molar-refractivity contribution in [3.05, 3.63) is 70.8 Å². The maximum Gasteiger partial charge on any atom is 0.295 e. The summed E-state index contributed by atoms with van der Waals surface area (Å²) in [4.78, 5) is 27.1. The summed E-state index contributed by atoms with van der Waals surface area (Å²) in [5.74, 6) is -0.544. The summed E-state index contributed by atoms with van der Waals surface area (Å²) in [5, 5.41) is 11.0. The summed E-state index contributed by atoms with van der Waals surface area (Å²) >= 11 is 0. The molecule has 2 aromatic carbocycles. The largest absolute Gasteiger partial charge is 0.507 e. The van der Waals surface area contributed by atoms with Gasteiger partial charge in [0.2, 0.25) is 0 Å². The van der Waals surface area contributed by atoms with Crippen molar-refractivity contribution in [2.75, 3.05) is 27.4 Å². The lowest BCUT2D eigenvalue weighted by atomic mass is 9.93. The first-order valence-corrected chi connectivity index (χ1v) is 9.90. The van der Waals surface area contributed by atoms with Crippen molar-refractivity contribution >= 4 is 17.4 Å². The van der Waals surface area contributed by atoms with Crippen LogP contribution in [0.25, 0.3) is 5.76 Å². The van der Waals surface area contributed by atoms with Crippen LogP contribution in [0.15, 0.2) is 54.1 Å². The highest BCUT2D eigenvalue weighted by molar-refractivity contribution is 6.46. The number of Topliss-reactive ketones (excluding diaryl/α,β-unsaturated/α-hetero) is 1. The first kappa shape index (κ1) is 21.6. The highest BCUT2D eigenvalue weighted by atomic mass is 16.5. The van der Waals surface area contributed by atoms with Gasteiger partial charge in [-0.1, -0.05) is 38.1 Å². The Hall–Kier alpha value is -3.12. The van der Waals surface area contributed by atoms with E-state index in [4.69, 9.17) is 9.47 Å². The van der Waals surface area contributed by atoms with E-state index in [2.05, 4.69) is 13.8 Å². The lowest BCUT2D eigenvalue weighted by molar-refractivity contribution is -0.140. The Morgan fingerprint density at radius 2 is 1.67 bits per heavy atom. The number of amides is 1. The standard InChI is InChI=1S/C24H27NO5/c1-15(2)16-5-7-17(8-6-16)21-20(23(27)24(28)25(21)13-14-29-3)22(26)18-9-11-19(30-4)12-10-18/h5-12,15,21,26H,13-14H2,1-4H3/b22-20+. The number of ether oxygens (including phenoxy) is 2. The van der Waals surface area contributed by atoms with Crippen LogP contribution in [-0.2, 0) is 14.3 Å². The molecule has 0 radical (unpaired) electrons. The van der Waals surface area contributed by atoms with Gasteiger partial charge in [0, 0.05) is 19.2 Å². The number of benzene rings is 2. The molecule has 0 aromatic heterocycles. The van der Waals surface area contributed by atoms with Crippen LogP contribution >= 0.6 is 0 Å². The maximum atomic E-state index is 12.9. The summed E-state index contributed by atoms with van der Waals surface area (Å²) in [6, 6.07) is 13.8. The summed E-state index contributed by atoms with van der Waals surface area (Å²) in [5.41, 5.74) is 2.45. The molecule has 30 heavy (non-hydrogen) atoms. The minimum Gasteiger partial charge on any atom is -0.507 e. The van der Waals surface area contributed by atoms with Crippen LogP contribution in [0.2, 0.25) is 0 Å². The molecule has 1 aliphatic heterocycles. The Morgan fingerprint density at radius 3 is 2.20 bits per heavy atom. The number of aliphatic hydroxyl groups excluding tert-OH is 1. The van der Waals surface area contributed by atoms with E-state index in [9.17, 15) is 14.7 Å². The summed E-state index contributed by atoms with van der Waals surface area (Å²) < 4.78 is 10.3. The third-order valence-electron chi connectivity index (χ3n) is 5.36. The zero-order valence-corrected chi connectivity index (χ0v) is 17.7. The number of aliphatic hydroxyl groups is 1. The molecule has 6 nitrogen and oxygen atoms in total. The van der Waals surface area contributed by atoms with E-state index in [1.807, 2.05) is 24.3 Å². The van der Waals surface area contributed by atoms with Gasteiger partial charge in [0.1, 0.15) is 11.5 Å². The average molecular weight is 409 g/mol. The number of rotatable bonds is 7. The van der Waals surface area contributed by atoms with Crippen molar-refractivity contribution < 1.29 is 24.2 Å². The third kappa shape index (κ3) is 4.09. The number of ketones is 1. The quantitative estimate of drug-likeness (QED) is 0.427. The van der Waals surface area contributed by atoms with E-state index < -0.39 is 17.7 Å². The molecule has 0 saturated carbocycles. The molecule has 1 saturated heterocycles. The fraction of sp³-hybridized carbons (Fsp3) is 0.333. The van der Waals surface area contributed by atoms with Crippen LogP contribution in [-0.4, -0.2) is 49.1 Å². The predicted octanol–water partition coefficient (Wildman–Crippen LogP) is 3.89. The summed E-state index contributed by atoms with van der Waals surface area (Å²) in [6.07, 6.45) is 0. The molecule has 1 aliphatic rings. The molecule has 1 heterocycles. The fourth-order valence-electron chi connectivity index (χ4n) is 3.61. The molecule has 1 atom stereocenters. The van der Waals surface area contributed by atoms with Crippen molar-refractivity contribution in [3.63, 3.8) is 0 Å². The molecule has 2 aromatic rings. The van der Waals surface area contributed by atoms with E-state index in [-0.39, 0.29) is 24.5 Å². The number of carbonyl (C=O) groups excluding carboxylic acids is 2. The zero-order chi connectivity index (χ0) is 21.8. The lowest BCUT2D eigenvalue weighted by Gasteiger charge is -2.25. The Balaban J connectivity index is 2.11. The van der Waals surface area contributed by atoms with Crippen molar-refractivity contribution in [1.29, 1.82) is 0 Å². The van der Waals surface area contributed by atoms with Gasteiger partial charge in [-0.05, 0) is 41.3 Å². The highest BCUT2D eigenvalue weighted by Gasteiger charge is 2.45. The van der Waals surface area contributed by atoms with Gasteiger partial charge in [0.25, 0.3) is 11.7 Å². The molecule has 0 spiro atoms. The minimum absolute atomic E-state index is 0.0820. The van der Waals surface area contributed by atoms with Gasteiger partial charge in [-0.2, -0.15) is 0 Å². The van der Waals surface area contributed by atoms with Gasteiger partial charge in [-0.3, -0.25) is 9.59 Å². The van der Waals surface area contributed by atoms with E-state index in [1.165, 1.54) is 4.90 Å². The third-order valence-corrected chi connectivity index (χ3v) is 5.36. The second-order valence-corrected chi connectivity index (χ2v) is 7.54. The van der Waals surface area contributed by atoms with E-state index in [1.54, 1.807) is 38.5 Å². The Bertz CT molecular complexity index is 945. The number of methoxy groups -OCH3 is 2. The maximum absolute atomic E-state index is 12.9. The number of carbonyl (C=O) groups is 2. The van der Waals surface area contributed by atoms with Gasteiger partial charge >= 0.3 is 0 Å². The van der Waals surface area contributed by atoms with Gasteiger partial charge < -0.3 is 19.5 Å². The fourth-order valence-corrected chi connectivity index (χ4v) is 3.61. The first-order chi connectivity index (χ1) is 14.4. The van der Waals surface area contributed by atoms with E-state index in [0.717, 1.165) is 11.1 Å². The molecule has 1 amide bonds. The second kappa shape index (κ2) is 9.13. The summed E-state index contributed by atoms with van der Waals surface area (Å²) in [6.45, 7) is 4.74. The molecule has 3 rings (SSSR count). The van der Waals surface area contributed by atoms with E-state index in [0.29, 0.717) is 17.2 Å². The highest BCUT2D eigenvalue weighted by Crippen LogP contribution is 2.39. The molecule has 0 aliphatic carbocycles. The van der Waals surface area contributed by atoms with Crippen LogP contribution in [0.4, 0.5) is 0 Å². The second-order valence-electron chi connectivity index (χ2n) is 7.54. The molecule has 6 heteroatoms. The molecule has 158 valence electrons. The van der Waals surface area contributed by atoms with Crippen LogP contribution < -0.4 is 4.74 Å². The van der Waals surface area contributed by atoms with Gasteiger partial charge in [0.05, 0.1) is 25.3 Å². The molecule has 0 bridgehead atoms. The van der Waals surface area contributed by atoms with Crippen LogP contribution in [0, 0.1) is 0 Å². The Morgan fingerprint density at radius 1 is 1.03 bits per heavy atom. The molecule has 1 unspecified atom stereocenters. The van der Waals surface area contributed by atoms with Crippen LogP contribution in [0.1, 0.15) is 42.5 Å². The van der Waals surface area contributed by atoms with Gasteiger partial charge in [0.15, 0.2) is 0 Å². The van der Waals surface area contributed by atoms with Gasteiger partial charge in [-0.25, -0.2) is 0 Å². The number of nitrogens with zero attached hydrogens (tertiary/aromatic N) is 1. The molecule has 1 fully saturated rings.